The fourth-order valence-electron chi connectivity index (χ4n) is 1.71. The molecule has 2 rings (SSSR count). The third kappa shape index (κ3) is 2.48. The van der Waals surface area contributed by atoms with Gasteiger partial charge in [0.05, 0.1) is 4.87 Å². The van der Waals surface area contributed by atoms with Crippen LogP contribution in [0.5, 0.6) is 0 Å². The smallest absolute Gasteiger partial charge is 0.0747 e. The summed E-state index contributed by atoms with van der Waals surface area (Å²) >= 11 is 4.45. The number of benzene rings is 1. The molecule has 0 saturated carbocycles. The van der Waals surface area contributed by atoms with E-state index in [0.29, 0.717) is 0 Å². The van der Waals surface area contributed by atoms with Gasteiger partial charge in [0.2, 0.25) is 0 Å². The van der Waals surface area contributed by atoms with E-state index in [-0.39, 0.29) is 4.87 Å². The quantitative estimate of drug-likeness (QED) is 0.587. The Morgan fingerprint density at radius 3 is 2.53 bits per heavy atom. The fraction of sp³-hybridized carbons (Fsp3) is 0.333. The number of fused-ring (bicyclic) bond motifs is 1. The first kappa shape index (κ1) is 10.4. The van der Waals surface area contributed by atoms with Gasteiger partial charge in [0.1, 0.15) is 0 Å². The van der Waals surface area contributed by atoms with E-state index in [4.69, 9.17) is 0 Å². The van der Waals surface area contributed by atoms with Crippen molar-refractivity contribution in [2.75, 3.05) is 5.32 Å². The Bertz CT molecular complexity index is 480. The average molecular weight is 220 g/mol. The Labute approximate surface area is 95.7 Å². The fourth-order valence-corrected chi connectivity index (χ4v) is 1.84. The van der Waals surface area contributed by atoms with Gasteiger partial charge < -0.3 is 9.88 Å². The van der Waals surface area contributed by atoms with E-state index >= 15 is 0 Å². The Morgan fingerprint density at radius 1 is 1.20 bits per heavy atom. The molecule has 0 atom stereocenters. The molecule has 15 heavy (non-hydrogen) atoms. The van der Waals surface area contributed by atoms with E-state index in [1.165, 1.54) is 10.8 Å². The van der Waals surface area contributed by atoms with Crippen LogP contribution in [0.15, 0.2) is 30.6 Å². The van der Waals surface area contributed by atoms with Crippen molar-refractivity contribution in [2.45, 2.75) is 18.7 Å². The van der Waals surface area contributed by atoms with E-state index in [2.05, 4.69) is 53.1 Å². The van der Waals surface area contributed by atoms with Crippen LogP contribution >= 0.6 is 12.6 Å². The number of thiol groups is 1. The molecule has 1 aromatic carbocycles. The third-order valence-corrected chi connectivity index (χ3v) is 2.33. The molecular formula is C12H16N2S. The van der Waals surface area contributed by atoms with Crippen LogP contribution in [-0.2, 0) is 7.05 Å². The lowest BCUT2D eigenvalue weighted by Crippen LogP contribution is -2.22. The van der Waals surface area contributed by atoms with Crippen molar-refractivity contribution >= 4 is 29.1 Å². The van der Waals surface area contributed by atoms with Crippen molar-refractivity contribution in [3.63, 3.8) is 0 Å². The summed E-state index contributed by atoms with van der Waals surface area (Å²) in [6, 6.07) is 6.35. The number of anilines is 1. The largest absolute Gasteiger partial charge is 0.371 e. The third-order valence-electron chi connectivity index (χ3n) is 2.22. The molecule has 1 N–H and O–H groups in total. The van der Waals surface area contributed by atoms with Crippen molar-refractivity contribution in [3.8, 4) is 0 Å². The molecule has 0 aliphatic heterocycles. The number of nitrogens with zero attached hydrogens (tertiary/aromatic N) is 1. The van der Waals surface area contributed by atoms with Gasteiger partial charge in [0.15, 0.2) is 0 Å². The Morgan fingerprint density at radius 2 is 1.87 bits per heavy atom. The van der Waals surface area contributed by atoms with Gasteiger partial charge in [0, 0.05) is 30.5 Å². The monoisotopic (exact) mass is 220 g/mol. The minimum Gasteiger partial charge on any atom is -0.371 e. The highest BCUT2D eigenvalue weighted by molar-refractivity contribution is 7.81. The second kappa shape index (κ2) is 3.49. The zero-order chi connectivity index (χ0) is 11.1. The van der Waals surface area contributed by atoms with Crippen molar-refractivity contribution in [1.82, 2.24) is 4.57 Å². The number of aryl methyl sites for hydroxylation is 1. The van der Waals surface area contributed by atoms with Gasteiger partial charge >= 0.3 is 0 Å². The number of hydrogen-bond donors (Lipinski definition) is 2. The molecule has 0 aliphatic rings. The maximum Gasteiger partial charge on any atom is 0.0747 e. The second-order valence-corrected chi connectivity index (χ2v) is 5.57. The zero-order valence-corrected chi connectivity index (χ0v) is 10.2. The van der Waals surface area contributed by atoms with Crippen molar-refractivity contribution in [2.24, 2.45) is 7.05 Å². The van der Waals surface area contributed by atoms with Gasteiger partial charge in [-0.1, -0.05) is 6.07 Å². The highest BCUT2D eigenvalue weighted by atomic mass is 32.1. The highest BCUT2D eigenvalue weighted by Crippen LogP contribution is 2.23. The molecule has 0 fully saturated rings. The lowest BCUT2D eigenvalue weighted by atomic mass is 10.2. The van der Waals surface area contributed by atoms with Crippen LogP contribution in [0.1, 0.15) is 13.8 Å². The minimum atomic E-state index is -0.192. The molecule has 0 spiro atoms. The van der Waals surface area contributed by atoms with Gasteiger partial charge in [-0.15, -0.1) is 0 Å². The topological polar surface area (TPSA) is 17.0 Å². The van der Waals surface area contributed by atoms with E-state index in [9.17, 15) is 0 Å². The Hall–Kier alpha value is -1.09. The van der Waals surface area contributed by atoms with E-state index in [1.807, 2.05) is 20.9 Å². The van der Waals surface area contributed by atoms with Crippen LogP contribution in [0.25, 0.3) is 10.8 Å². The number of rotatable bonds is 2. The lowest BCUT2D eigenvalue weighted by Gasteiger charge is -2.21. The molecule has 0 aliphatic carbocycles. The van der Waals surface area contributed by atoms with Crippen LogP contribution in [0.2, 0.25) is 0 Å². The van der Waals surface area contributed by atoms with Gasteiger partial charge in [0.25, 0.3) is 0 Å². The minimum absolute atomic E-state index is 0.192. The maximum absolute atomic E-state index is 4.45. The molecule has 0 bridgehead atoms. The van der Waals surface area contributed by atoms with Gasteiger partial charge in [-0.25, -0.2) is 0 Å². The summed E-state index contributed by atoms with van der Waals surface area (Å²) in [6.45, 7) is 4.07. The predicted molar refractivity (Wildman–Crippen MR) is 69.6 cm³/mol. The zero-order valence-electron chi connectivity index (χ0n) is 9.28. The summed E-state index contributed by atoms with van der Waals surface area (Å²) in [5, 5.41) is 5.85. The summed E-state index contributed by atoms with van der Waals surface area (Å²) in [7, 11) is 2.04. The van der Waals surface area contributed by atoms with Gasteiger partial charge in [-0.05, 0) is 31.4 Å². The van der Waals surface area contributed by atoms with Crippen LogP contribution < -0.4 is 5.32 Å². The molecule has 80 valence electrons. The molecule has 0 amide bonds. The second-order valence-electron chi connectivity index (χ2n) is 4.45. The lowest BCUT2D eigenvalue weighted by molar-refractivity contribution is 0.831. The Kier molecular flexibility index (Phi) is 2.43. The number of hydrogen-bond acceptors (Lipinski definition) is 2. The standard InChI is InChI=1S/C12H16N2S/c1-12(2,15)13-11-5-4-9-7-14(3)8-10(9)6-11/h4-8,13,15H,1-3H3. The maximum atomic E-state index is 4.45. The summed E-state index contributed by atoms with van der Waals surface area (Å²) in [5.41, 5.74) is 1.11. The summed E-state index contributed by atoms with van der Waals surface area (Å²) in [5.74, 6) is 0. The van der Waals surface area contributed by atoms with Crippen molar-refractivity contribution in [3.05, 3.63) is 30.6 Å². The van der Waals surface area contributed by atoms with Crippen LogP contribution in [0.4, 0.5) is 5.69 Å². The SMILES string of the molecule is Cn1cc2ccc(NC(C)(C)S)cc2c1. The summed E-state index contributed by atoms with van der Waals surface area (Å²) < 4.78 is 2.07. The molecule has 1 heterocycles. The molecule has 2 nitrogen and oxygen atoms in total. The van der Waals surface area contributed by atoms with Crippen LogP contribution in [0.3, 0.4) is 0 Å². The van der Waals surface area contributed by atoms with Gasteiger partial charge in [-0.3, -0.25) is 0 Å². The highest BCUT2D eigenvalue weighted by Gasteiger charge is 2.10. The molecule has 3 heteroatoms. The van der Waals surface area contributed by atoms with E-state index < -0.39 is 0 Å². The first-order valence-corrected chi connectivity index (χ1v) is 5.45. The predicted octanol–water partition coefficient (Wildman–Crippen LogP) is 3.26. The molecule has 0 saturated heterocycles. The first-order valence-electron chi connectivity index (χ1n) is 5.00. The molecule has 0 radical (unpaired) electrons. The van der Waals surface area contributed by atoms with Crippen LogP contribution in [-0.4, -0.2) is 9.44 Å². The van der Waals surface area contributed by atoms with Gasteiger partial charge in [-0.2, -0.15) is 12.6 Å². The van der Waals surface area contributed by atoms with E-state index in [0.717, 1.165) is 5.69 Å². The van der Waals surface area contributed by atoms with E-state index in [1.54, 1.807) is 0 Å². The summed E-state index contributed by atoms with van der Waals surface area (Å²) in [6.07, 6.45) is 4.23. The first-order chi connectivity index (χ1) is 6.94. The van der Waals surface area contributed by atoms with Crippen LogP contribution in [0, 0.1) is 0 Å². The average Bonchev–Trinajstić information content (AvgIpc) is 2.40. The molecular weight excluding hydrogens is 204 g/mol. The summed E-state index contributed by atoms with van der Waals surface area (Å²) in [4.78, 5) is -0.192. The van der Waals surface area contributed by atoms with Crippen molar-refractivity contribution in [1.29, 1.82) is 0 Å². The molecule has 0 unspecified atom stereocenters. The normalized spacial score (nSPS) is 12.0. The Balaban J connectivity index is 2.38. The molecule has 1 aromatic heterocycles. The number of aromatic nitrogens is 1. The molecule has 2 aromatic rings. The number of nitrogens with one attached hydrogen (secondary N) is 1. The van der Waals surface area contributed by atoms with Crippen molar-refractivity contribution < 1.29 is 0 Å².